The highest BCUT2D eigenvalue weighted by atomic mass is 16.5. The molecule has 1 aliphatic rings. The number of carbonyl (C=O) groups is 3. The van der Waals surface area contributed by atoms with Crippen molar-refractivity contribution in [2.45, 2.75) is 46.1 Å². The second-order valence-electron chi connectivity index (χ2n) is 6.85. The van der Waals surface area contributed by atoms with E-state index < -0.39 is 5.97 Å². The molecule has 0 aliphatic carbocycles. The van der Waals surface area contributed by atoms with Gasteiger partial charge < -0.3 is 19.5 Å². The van der Waals surface area contributed by atoms with Crippen molar-refractivity contribution in [1.82, 2.24) is 5.16 Å². The van der Waals surface area contributed by atoms with Crippen molar-refractivity contribution in [2.24, 2.45) is 0 Å². The number of benzene rings is 1. The quantitative estimate of drug-likeness (QED) is 0.794. The van der Waals surface area contributed by atoms with Gasteiger partial charge in [0.1, 0.15) is 5.76 Å². The molecule has 0 bridgehead atoms. The third-order valence-electron chi connectivity index (χ3n) is 4.74. The number of anilines is 2. The molecule has 148 valence electrons. The van der Waals surface area contributed by atoms with Crippen molar-refractivity contribution in [3.05, 3.63) is 41.3 Å². The second kappa shape index (κ2) is 8.24. The summed E-state index contributed by atoms with van der Waals surface area (Å²) in [7, 11) is 0. The van der Waals surface area contributed by atoms with Crippen molar-refractivity contribution in [2.75, 3.05) is 16.8 Å². The van der Waals surface area contributed by atoms with Gasteiger partial charge in [-0.15, -0.1) is 0 Å². The van der Waals surface area contributed by atoms with Gasteiger partial charge in [-0.25, -0.2) is 0 Å². The maximum Gasteiger partial charge on any atom is 0.306 e. The molecule has 0 saturated carbocycles. The van der Waals surface area contributed by atoms with E-state index in [1.165, 1.54) is 4.90 Å². The molecule has 2 amide bonds. The van der Waals surface area contributed by atoms with Crippen LogP contribution < -0.4 is 10.2 Å². The number of amides is 2. The molecule has 1 atom stereocenters. The fraction of sp³-hybridized carbons (Fsp3) is 0.400. The first kappa shape index (κ1) is 19.6. The Kier molecular flexibility index (Phi) is 5.77. The van der Waals surface area contributed by atoms with E-state index in [2.05, 4.69) is 10.5 Å². The first-order chi connectivity index (χ1) is 13.4. The zero-order valence-corrected chi connectivity index (χ0v) is 16.2. The van der Waals surface area contributed by atoms with Gasteiger partial charge in [-0.05, 0) is 39.3 Å². The number of fused-ring (bicyclic) bond motifs is 1. The van der Waals surface area contributed by atoms with Crippen LogP contribution >= 0.6 is 0 Å². The van der Waals surface area contributed by atoms with Gasteiger partial charge in [-0.2, -0.15) is 0 Å². The van der Waals surface area contributed by atoms with Gasteiger partial charge in [-0.1, -0.05) is 17.3 Å². The van der Waals surface area contributed by atoms with E-state index in [1.807, 2.05) is 6.92 Å². The topological polar surface area (TPSA) is 102 Å². The third-order valence-corrected chi connectivity index (χ3v) is 4.74. The fourth-order valence-corrected chi connectivity index (χ4v) is 3.34. The van der Waals surface area contributed by atoms with Crippen LogP contribution in [0.1, 0.15) is 36.8 Å². The molecular formula is C20H23N3O5. The predicted molar refractivity (Wildman–Crippen MR) is 102 cm³/mol. The van der Waals surface area contributed by atoms with E-state index in [4.69, 9.17) is 9.26 Å². The first-order valence-corrected chi connectivity index (χ1v) is 9.15. The molecule has 1 aliphatic heterocycles. The summed E-state index contributed by atoms with van der Waals surface area (Å²) < 4.78 is 10.3. The van der Waals surface area contributed by atoms with Gasteiger partial charge in [0.25, 0.3) is 5.91 Å². The summed E-state index contributed by atoms with van der Waals surface area (Å²) in [4.78, 5) is 38.4. The average Bonchev–Trinajstić information content (AvgIpc) is 2.90. The summed E-state index contributed by atoms with van der Waals surface area (Å²) in [5.41, 5.74) is 2.78. The number of esters is 1. The molecular weight excluding hydrogens is 362 g/mol. The number of aryl methyl sites for hydroxylation is 2. The third kappa shape index (κ3) is 4.21. The second-order valence-corrected chi connectivity index (χ2v) is 6.85. The summed E-state index contributed by atoms with van der Waals surface area (Å²) in [6, 6.07) is 6.72. The number of para-hydroxylation sites is 2. The summed E-state index contributed by atoms with van der Waals surface area (Å²) in [5.74, 6) is -0.333. The monoisotopic (exact) mass is 385 g/mol. The molecule has 1 aromatic heterocycles. The minimum Gasteiger partial charge on any atom is -0.456 e. The lowest BCUT2D eigenvalue weighted by molar-refractivity contribution is -0.148. The van der Waals surface area contributed by atoms with Crippen LogP contribution in [0.3, 0.4) is 0 Å². The number of hydrogen-bond acceptors (Lipinski definition) is 6. The van der Waals surface area contributed by atoms with Crippen molar-refractivity contribution in [3.63, 3.8) is 0 Å². The normalized spacial score (nSPS) is 16.2. The Morgan fingerprint density at radius 3 is 2.79 bits per heavy atom. The van der Waals surface area contributed by atoms with Crippen LogP contribution in [0.2, 0.25) is 0 Å². The number of ether oxygens (including phenoxy) is 1. The summed E-state index contributed by atoms with van der Waals surface area (Å²) in [6.07, 6.45) is 0.734. The van der Waals surface area contributed by atoms with E-state index in [-0.39, 0.29) is 37.3 Å². The summed E-state index contributed by atoms with van der Waals surface area (Å²) in [6.45, 7) is 5.01. The average molecular weight is 385 g/mol. The van der Waals surface area contributed by atoms with E-state index in [9.17, 15) is 14.4 Å². The maximum atomic E-state index is 12.8. The predicted octanol–water partition coefficient (Wildman–Crippen LogP) is 2.53. The first-order valence-electron chi connectivity index (χ1n) is 9.15. The molecule has 8 heteroatoms. The Bertz CT molecular complexity index is 885. The molecule has 3 rings (SSSR count). The molecule has 0 radical (unpaired) electrons. The highest BCUT2D eigenvalue weighted by Crippen LogP contribution is 2.31. The lowest BCUT2D eigenvalue weighted by Gasteiger charge is -2.27. The highest BCUT2D eigenvalue weighted by Gasteiger charge is 2.30. The van der Waals surface area contributed by atoms with E-state index in [0.29, 0.717) is 23.6 Å². The van der Waals surface area contributed by atoms with Gasteiger partial charge in [0, 0.05) is 24.4 Å². The number of nitrogens with one attached hydrogen (secondary N) is 1. The van der Waals surface area contributed by atoms with Gasteiger partial charge in [0.15, 0.2) is 6.61 Å². The van der Waals surface area contributed by atoms with Crippen LogP contribution in [-0.4, -0.2) is 35.6 Å². The van der Waals surface area contributed by atoms with Crippen LogP contribution in [0.4, 0.5) is 11.4 Å². The Hall–Kier alpha value is -3.16. The zero-order valence-electron chi connectivity index (χ0n) is 16.2. The number of aromatic nitrogens is 1. The van der Waals surface area contributed by atoms with Gasteiger partial charge >= 0.3 is 5.97 Å². The van der Waals surface area contributed by atoms with Crippen molar-refractivity contribution < 1.29 is 23.6 Å². The maximum absolute atomic E-state index is 12.8. The Balaban J connectivity index is 1.62. The fourth-order valence-electron chi connectivity index (χ4n) is 3.34. The largest absolute Gasteiger partial charge is 0.456 e. The number of carbonyl (C=O) groups excluding carboxylic acids is 3. The number of hydrogen-bond donors (Lipinski definition) is 1. The number of rotatable bonds is 5. The Labute approximate surface area is 162 Å². The minimum atomic E-state index is -0.474. The molecule has 2 aromatic rings. The van der Waals surface area contributed by atoms with E-state index >= 15 is 0 Å². The minimum absolute atomic E-state index is 0.127. The van der Waals surface area contributed by atoms with Gasteiger partial charge in [0.05, 0.1) is 17.1 Å². The summed E-state index contributed by atoms with van der Waals surface area (Å²) >= 11 is 0. The lowest BCUT2D eigenvalue weighted by atomic mass is 10.1. The molecule has 0 saturated heterocycles. The molecule has 1 N–H and O–H groups in total. The van der Waals surface area contributed by atoms with Crippen molar-refractivity contribution >= 4 is 29.2 Å². The van der Waals surface area contributed by atoms with Crippen LogP contribution in [0.5, 0.6) is 0 Å². The molecule has 28 heavy (non-hydrogen) atoms. The molecule has 0 unspecified atom stereocenters. The molecule has 0 spiro atoms. The van der Waals surface area contributed by atoms with E-state index in [0.717, 1.165) is 11.3 Å². The van der Waals surface area contributed by atoms with Crippen LogP contribution in [0.25, 0.3) is 0 Å². The highest BCUT2D eigenvalue weighted by molar-refractivity contribution is 6.05. The zero-order chi connectivity index (χ0) is 20.3. The molecule has 1 aromatic carbocycles. The van der Waals surface area contributed by atoms with Crippen molar-refractivity contribution in [3.8, 4) is 0 Å². The Morgan fingerprint density at radius 1 is 1.32 bits per heavy atom. The number of nitrogens with zero attached hydrogens (tertiary/aromatic N) is 2. The van der Waals surface area contributed by atoms with Crippen LogP contribution in [0.15, 0.2) is 28.8 Å². The van der Waals surface area contributed by atoms with Crippen LogP contribution in [0, 0.1) is 13.8 Å². The Morgan fingerprint density at radius 2 is 2.07 bits per heavy atom. The summed E-state index contributed by atoms with van der Waals surface area (Å²) in [5, 5.41) is 6.65. The molecule has 8 nitrogen and oxygen atoms in total. The van der Waals surface area contributed by atoms with Gasteiger partial charge in [-0.3, -0.25) is 14.4 Å². The SMILES string of the molecule is Cc1noc(C)c1CCC(=O)OCC(=O)N1c2ccccc2NC(=O)C[C@@H]1C. The lowest BCUT2D eigenvalue weighted by Crippen LogP contribution is -2.41. The van der Waals surface area contributed by atoms with E-state index in [1.54, 1.807) is 38.1 Å². The smallest absolute Gasteiger partial charge is 0.306 e. The van der Waals surface area contributed by atoms with Crippen LogP contribution in [-0.2, 0) is 25.5 Å². The van der Waals surface area contributed by atoms with Gasteiger partial charge in [0.2, 0.25) is 5.91 Å². The standard InChI is InChI=1S/C20H23N3O5/c1-12-10-18(24)21-16-6-4-5-7-17(16)23(12)19(25)11-27-20(26)9-8-15-13(2)22-28-14(15)3/h4-7,12H,8-11H2,1-3H3,(H,21,24)/t12-/m0/s1. The molecule has 0 fully saturated rings. The molecule has 2 heterocycles. The van der Waals surface area contributed by atoms with Crippen molar-refractivity contribution in [1.29, 1.82) is 0 Å².